The molecule has 0 aliphatic carbocycles. The number of para-hydroxylation sites is 2. The highest BCUT2D eigenvalue weighted by Gasteiger charge is 2.32. The van der Waals surface area contributed by atoms with Crippen LogP contribution in [0.25, 0.3) is 11.0 Å². The molecule has 7 heteroatoms. The maximum absolute atomic E-state index is 12.8. The topological polar surface area (TPSA) is 87.3 Å². The van der Waals surface area contributed by atoms with Crippen LogP contribution in [0, 0.1) is 0 Å². The summed E-state index contributed by atoms with van der Waals surface area (Å²) in [7, 11) is 0. The molecule has 7 nitrogen and oxygen atoms in total. The van der Waals surface area contributed by atoms with E-state index in [0.29, 0.717) is 24.5 Å². The third-order valence-electron chi connectivity index (χ3n) is 5.12. The number of imidazole rings is 1. The molecule has 2 N–H and O–H groups in total. The summed E-state index contributed by atoms with van der Waals surface area (Å²) >= 11 is 0. The lowest BCUT2D eigenvalue weighted by Gasteiger charge is -2.23. The van der Waals surface area contributed by atoms with Gasteiger partial charge in [0.25, 0.3) is 5.91 Å². The zero-order valence-electron chi connectivity index (χ0n) is 16.4. The summed E-state index contributed by atoms with van der Waals surface area (Å²) in [5, 5.41) is 2.72. The number of aromatic nitrogens is 2. The smallest absolute Gasteiger partial charge is 0.251 e. The number of aromatic amines is 1. The Morgan fingerprint density at radius 3 is 2.76 bits per heavy atom. The molecular weight excluding hydrogens is 368 g/mol. The predicted molar refractivity (Wildman–Crippen MR) is 110 cm³/mol. The molecular formula is C22H24N4O3. The molecule has 0 bridgehead atoms. The molecule has 150 valence electrons. The van der Waals surface area contributed by atoms with Crippen molar-refractivity contribution in [3.05, 3.63) is 59.9 Å². The Morgan fingerprint density at radius 2 is 2.00 bits per heavy atom. The number of benzene rings is 2. The number of hydrogen-bond donors (Lipinski definition) is 2. The Hall–Kier alpha value is -3.35. The lowest BCUT2D eigenvalue weighted by Crippen LogP contribution is -2.40. The van der Waals surface area contributed by atoms with Gasteiger partial charge in [-0.3, -0.25) is 9.59 Å². The second-order valence-electron chi connectivity index (χ2n) is 7.02. The largest absolute Gasteiger partial charge is 0.494 e. The summed E-state index contributed by atoms with van der Waals surface area (Å²) in [5.41, 5.74) is 2.35. The van der Waals surface area contributed by atoms with Crippen LogP contribution in [0.4, 0.5) is 0 Å². The van der Waals surface area contributed by atoms with Crippen molar-refractivity contribution in [3.8, 4) is 5.75 Å². The normalized spacial score (nSPS) is 16.2. The number of nitrogens with zero attached hydrogens (tertiary/aromatic N) is 2. The van der Waals surface area contributed by atoms with E-state index in [1.165, 1.54) is 0 Å². The zero-order chi connectivity index (χ0) is 20.2. The van der Waals surface area contributed by atoms with Crippen LogP contribution < -0.4 is 10.1 Å². The number of rotatable bonds is 6. The van der Waals surface area contributed by atoms with E-state index in [9.17, 15) is 9.59 Å². The fourth-order valence-corrected chi connectivity index (χ4v) is 3.71. The molecule has 0 saturated carbocycles. The van der Waals surface area contributed by atoms with Crippen LogP contribution in [0.5, 0.6) is 5.75 Å². The number of likely N-dealkylation sites (tertiary alicyclic amines) is 1. The highest BCUT2D eigenvalue weighted by molar-refractivity contribution is 5.96. The average Bonchev–Trinajstić information content (AvgIpc) is 3.39. The first kappa shape index (κ1) is 19.0. The number of hydrogen-bond acceptors (Lipinski definition) is 4. The molecule has 1 fully saturated rings. The van der Waals surface area contributed by atoms with Crippen molar-refractivity contribution in [3.63, 3.8) is 0 Å². The van der Waals surface area contributed by atoms with Gasteiger partial charge >= 0.3 is 0 Å². The van der Waals surface area contributed by atoms with Crippen molar-refractivity contribution in [2.45, 2.75) is 25.8 Å². The minimum atomic E-state index is -0.277. The second-order valence-corrected chi connectivity index (χ2v) is 7.02. The number of carbonyl (C=O) groups excluding carboxylic acids is 2. The van der Waals surface area contributed by atoms with Gasteiger partial charge in [0.2, 0.25) is 5.91 Å². The number of nitrogens with one attached hydrogen (secondary N) is 2. The van der Waals surface area contributed by atoms with Crippen molar-refractivity contribution in [1.82, 2.24) is 20.2 Å². The fraction of sp³-hybridized carbons (Fsp3) is 0.318. The Kier molecular flexibility index (Phi) is 5.46. The standard InChI is InChI=1S/C22H24N4O3/c1-2-29-16-11-9-15(10-12-16)22(28)23-14-20(27)26-13-5-8-19(26)21-24-17-6-3-4-7-18(17)25-21/h3-4,6-7,9-12,19H,2,5,8,13-14H2,1H3,(H,23,28)(H,24,25). The molecule has 2 heterocycles. The molecule has 4 rings (SSSR count). The molecule has 1 aliphatic heterocycles. The molecule has 0 spiro atoms. The SMILES string of the molecule is CCOc1ccc(C(=O)NCC(=O)N2CCCC2c2nc3ccccc3[nH]2)cc1. The fourth-order valence-electron chi connectivity index (χ4n) is 3.71. The third-order valence-corrected chi connectivity index (χ3v) is 5.12. The summed E-state index contributed by atoms with van der Waals surface area (Å²) < 4.78 is 5.38. The highest BCUT2D eigenvalue weighted by atomic mass is 16.5. The monoisotopic (exact) mass is 392 g/mol. The van der Waals surface area contributed by atoms with Gasteiger partial charge < -0.3 is 19.9 Å². The maximum atomic E-state index is 12.8. The zero-order valence-corrected chi connectivity index (χ0v) is 16.4. The minimum absolute atomic E-state index is 0.0389. The van der Waals surface area contributed by atoms with E-state index in [2.05, 4.69) is 15.3 Å². The summed E-state index contributed by atoms with van der Waals surface area (Å²) in [5.74, 6) is 1.13. The van der Waals surface area contributed by atoms with Crippen molar-refractivity contribution in [1.29, 1.82) is 0 Å². The van der Waals surface area contributed by atoms with Gasteiger partial charge in [-0.05, 0) is 56.2 Å². The van der Waals surface area contributed by atoms with Crippen LogP contribution in [-0.2, 0) is 4.79 Å². The van der Waals surface area contributed by atoms with E-state index in [0.717, 1.165) is 29.7 Å². The Balaban J connectivity index is 1.38. The van der Waals surface area contributed by atoms with Crippen LogP contribution in [0.15, 0.2) is 48.5 Å². The van der Waals surface area contributed by atoms with E-state index in [4.69, 9.17) is 4.74 Å². The molecule has 1 aliphatic rings. The highest BCUT2D eigenvalue weighted by Crippen LogP contribution is 2.31. The van der Waals surface area contributed by atoms with Gasteiger partial charge in [0, 0.05) is 12.1 Å². The number of ether oxygens (including phenoxy) is 1. The molecule has 0 radical (unpaired) electrons. The predicted octanol–water partition coefficient (Wildman–Crippen LogP) is 3.06. The van der Waals surface area contributed by atoms with Gasteiger partial charge in [0.15, 0.2) is 0 Å². The lowest BCUT2D eigenvalue weighted by atomic mass is 10.2. The molecule has 1 aromatic heterocycles. The van der Waals surface area contributed by atoms with Gasteiger partial charge in [-0.15, -0.1) is 0 Å². The van der Waals surface area contributed by atoms with Crippen LogP contribution in [0.1, 0.15) is 42.0 Å². The summed E-state index contributed by atoms with van der Waals surface area (Å²) in [6, 6.07) is 14.6. The van der Waals surface area contributed by atoms with Crippen LogP contribution in [0.3, 0.4) is 0 Å². The quantitative estimate of drug-likeness (QED) is 0.675. The van der Waals surface area contributed by atoms with Crippen LogP contribution >= 0.6 is 0 Å². The van der Waals surface area contributed by atoms with E-state index in [1.807, 2.05) is 31.2 Å². The molecule has 2 amide bonds. The van der Waals surface area contributed by atoms with Gasteiger partial charge in [-0.1, -0.05) is 12.1 Å². The number of amides is 2. The summed E-state index contributed by atoms with van der Waals surface area (Å²) in [6.07, 6.45) is 1.78. The molecule has 1 atom stereocenters. The Labute approximate surface area is 169 Å². The Morgan fingerprint density at radius 1 is 1.21 bits per heavy atom. The van der Waals surface area contributed by atoms with Gasteiger partial charge in [0.1, 0.15) is 11.6 Å². The van der Waals surface area contributed by atoms with Crippen LogP contribution in [-0.4, -0.2) is 46.4 Å². The first-order valence-electron chi connectivity index (χ1n) is 9.91. The van der Waals surface area contributed by atoms with E-state index < -0.39 is 0 Å². The van der Waals surface area contributed by atoms with E-state index in [1.54, 1.807) is 29.2 Å². The van der Waals surface area contributed by atoms with Crippen molar-refractivity contribution < 1.29 is 14.3 Å². The van der Waals surface area contributed by atoms with Gasteiger partial charge in [-0.2, -0.15) is 0 Å². The van der Waals surface area contributed by atoms with E-state index in [-0.39, 0.29) is 24.4 Å². The van der Waals surface area contributed by atoms with Crippen molar-refractivity contribution in [2.75, 3.05) is 19.7 Å². The molecule has 29 heavy (non-hydrogen) atoms. The number of carbonyl (C=O) groups is 2. The first-order chi connectivity index (χ1) is 14.2. The summed E-state index contributed by atoms with van der Waals surface area (Å²) in [4.78, 5) is 34.9. The van der Waals surface area contributed by atoms with Crippen molar-refractivity contribution >= 4 is 22.8 Å². The summed E-state index contributed by atoms with van der Waals surface area (Å²) in [6.45, 7) is 3.10. The van der Waals surface area contributed by atoms with Gasteiger partial charge in [-0.25, -0.2) is 4.98 Å². The first-order valence-corrected chi connectivity index (χ1v) is 9.91. The minimum Gasteiger partial charge on any atom is -0.494 e. The maximum Gasteiger partial charge on any atom is 0.251 e. The van der Waals surface area contributed by atoms with Gasteiger partial charge in [0.05, 0.1) is 30.2 Å². The second kappa shape index (κ2) is 8.34. The number of H-pyrrole nitrogens is 1. The Bertz CT molecular complexity index is 979. The lowest BCUT2D eigenvalue weighted by molar-refractivity contribution is -0.131. The molecule has 2 aromatic carbocycles. The number of fused-ring (bicyclic) bond motifs is 1. The van der Waals surface area contributed by atoms with Crippen LogP contribution in [0.2, 0.25) is 0 Å². The average molecular weight is 392 g/mol. The third kappa shape index (κ3) is 4.08. The molecule has 1 unspecified atom stereocenters. The molecule has 1 saturated heterocycles. The molecule has 3 aromatic rings. The van der Waals surface area contributed by atoms with E-state index >= 15 is 0 Å². The van der Waals surface area contributed by atoms with Crippen molar-refractivity contribution in [2.24, 2.45) is 0 Å².